The molecule has 0 aromatic heterocycles. The van der Waals surface area contributed by atoms with Crippen LogP contribution in [0.3, 0.4) is 0 Å². The van der Waals surface area contributed by atoms with Crippen LogP contribution in [0.15, 0.2) is 84.3 Å². The SMILES string of the molecule is CCCCC(CC)Cc1cccc(CN=N[Si](CCC)(N=NCc2cccc(CC(CC)CCCC)c2O)N=NCc2cccc(CC(CC)CCCC)c2O)c1O. The zero-order valence-electron chi connectivity index (χ0n) is 37.1. The van der Waals surface area contributed by atoms with E-state index in [0.29, 0.717) is 23.8 Å². The lowest BCUT2D eigenvalue weighted by Gasteiger charge is -2.17. The number of nitrogens with zero attached hydrogens (tertiary/aromatic N) is 6. The number of phenolic OH excluding ortho intramolecular Hbond substituents is 3. The highest BCUT2D eigenvalue weighted by Crippen LogP contribution is 2.32. The van der Waals surface area contributed by atoms with Gasteiger partial charge in [-0.25, -0.2) is 0 Å². The molecule has 0 heterocycles. The minimum Gasteiger partial charge on any atom is -0.507 e. The number of hydrogen-bond acceptors (Lipinski definition) is 9. The van der Waals surface area contributed by atoms with Crippen LogP contribution in [0.25, 0.3) is 0 Å². The van der Waals surface area contributed by atoms with Crippen molar-refractivity contribution < 1.29 is 15.3 Å². The third kappa shape index (κ3) is 15.7. The van der Waals surface area contributed by atoms with E-state index >= 15 is 0 Å². The van der Waals surface area contributed by atoms with E-state index in [1.54, 1.807) is 0 Å². The lowest BCUT2D eigenvalue weighted by Crippen LogP contribution is -2.26. The highest BCUT2D eigenvalue weighted by atomic mass is 28.4. The van der Waals surface area contributed by atoms with Gasteiger partial charge in [0, 0.05) is 22.7 Å². The third-order valence-electron chi connectivity index (χ3n) is 11.8. The first-order valence-corrected chi connectivity index (χ1v) is 24.8. The number of benzene rings is 3. The van der Waals surface area contributed by atoms with E-state index in [1.807, 2.05) is 54.6 Å². The summed E-state index contributed by atoms with van der Waals surface area (Å²) in [6, 6.07) is 18.2. The predicted molar refractivity (Wildman–Crippen MR) is 242 cm³/mol. The van der Waals surface area contributed by atoms with Crippen LogP contribution in [-0.2, 0) is 38.9 Å². The summed E-state index contributed by atoms with van der Waals surface area (Å²) in [6.45, 7) is 15.9. The fourth-order valence-electron chi connectivity index (χ4n) is 7.79. The van der Waals surface area contributed by atoms with Gasteiger partial charge in [0.05, 0.1) is 19.6 Å². The molecular weight excluding hydrogens is 737 g/mol. The van der Waals surface area contributed by atoms with E-state index < -0.39 is 8.56 Å². The van der Waals surface area contributed by atoms with Gasteiger partial charge in [-0.15, -0.1) is 0 Å². The minimum atomic E-state index is -3.36. The summed E-state index contributed by atoms with van der Waals surface area (Å²) < 4.78 is 14.5. The second-order valence-corrected chi connectivity index (χ2v) is 19.0. The maximum Gasteiger partial charge on any atom is 0.490 e. The highest BCUT2D eigenvalue weighted by Gasteiger charge is 2.36. The monoisotopic (exact) mass is 813 g/mol. The third-order valence-corrected chi connectivity index (χ3v) is 14.3. The molecule has 0 radical (unpaired) electrons. The first-order chi connectivity index (χ1) is 28.2. The van der Waals surface area contributed by atoms with Crippen molar-refractivity contribution in [3.63, 3.8) is 0 Å². The number of rotatable bonds is 29. The van der Waals surface area contributed by atoms with Gasteiger partial charge < -0.3 is 15.3 Å². The lowest BCUT2D eigenvalue weighted by atomic mass is 9.91. The summed E-state index contributed by atoms with van der Waals surface area (Å²) in [5, 5.41) is 47.9. The van der Waals surface area contributed by atoms with E-state index in [1.165, 1.54) is 38.5 Å². The molecule has 0 amide bonds. The van der Waals surface area contributed by atoms with E-state index in [4.69, 9.17) is 14.3 Å². The van der Waals surface area contributed by atoms with Crippen LogP contribution in [0.1, 0.15) is 165 Å². The number of phenols is 3. The van der Waals surface area contributed by atoms with Gasteiger partial charge in [0.15, 0.2) is 0 Å². The topological polar surface area (TPSA) is 135 Å². The molecule has 0 aliphatic rings. The Morgan fingerprint density at radius 3 is 0.983 bits per heavy atom. The van der Waals surface area contributed by atoms with Crippen molar-refractivity contribution >= 4 is 8.56 Å². The largest absolute Gasteiger partial charge is 0.507 e. The second kappa shape index (κ2) is 27.0. The molecule has 3 atom stereocenters. The van der Waals surface area contributed by atoms with Gasteiger partial charge in [0.2, 0.25) is 0 Å². The van der Waals surface area contributed by atoms with Crippen LogP contribution in [0.2, 0.25) is 6.04 Å². The van der Waals surface area contributed by atoms with E-state index in [2.05, 4.69) is 63.8 Å². The smallest absolute Gasteiger partial charge is 0.490 e. The molecule has 3 unspecified atom stereocenters. The average Bonchev–Trinajstić information content (AvgIpc) is 3.23. The summed E-state index contributed by atoms with van der Waals surface area (Å²) in [4.78, 5) is 0. The maximum absolute atomic E-state index is 11.3. The molecule has 0 spiro atoms. The minimum absolute atomic E-state index is 0.188. The van der Waals surface area contributed by atoms with Gasteiger partial charge in [-0.1, -0.05) is 187 Å². The standard InChI is InChI=1S/C48H76N6O3Si/c1-8-15-21-37(12-5)31-40-24-18-27-43(46(40)55)34-49-52-58(30-11-4,53-50-35-44-28-19-25-41(47(44)56)32-38(13-6)22-16-9-2)54-51-36-45-29-20-26-42(48(45)57)33-39(14-7)23-17-10-3/h18-20,24-29,37-39,55-57H,8-17,21-23,30-36H2,1-7H3. The highest BCUT2D eigenvalue weighted by molar-refractivity contribution is 6.74. The van der Waals surface area contributed by atoms with Crippen LogP contribution < -0.4 is 0 Å². The van der Waals surface area contributed by atoms with E-state index in [-0.39, 0.29) is 36.9 Å². The van der Waals surface area contributed by atoms with Crippen LogP contribution in [0, 0.1) is 17.8 Å². The molecular formula is C48H76N6O3Si. The molecule has 9 nitrogen and oxygen atoms in total. The summed E-state index contributed by atoms with van der Waals surface area (Å²) in [6.07, 6.45) is 17.0. The van der Waals surface area contributed by atoms with Crippen molar-refractivity contribution in [2.24, 2.45) is 47.4 Å². The molecule has 3 N–H and O–H groups in total. The predicted octanol–water partition coefficient (Wildman–Crippen LogP) is 14.7. The van der Waals surface area contributed by atoms with Crippen molar-refractivity contribution in [2.45, 2.75) is 177 Å². The molecule has 58 heavy (non-hydrogen) atoms. The molecule has 3 aromatic rings. The summed E-state index contributed by atoms with van der Waals surface area (Å²) in [5.41, 5.74) is 5.00. The number of aromatic hydroxyl groups is 3. The molecule has 3 rings (SSSR count). The van der Waals surface area contributed by atoms with Gasteiger partial charge in [-0.05, 0) is 53.7 Å². The molecule has 0 bridgehead atoms. The van der Waals surface area contributed by atoms with E-state index in [9.17, 15) is 15.3 Å². The van der Waals surface area contributed by atoms with Crippen molar-refractivity contribution in [3.05, 3.63) is 88.0 Å². The number of hydrogen-bond donors (Lipinski definition) is 3. The zero-order chi connectivity index (χ0) is 42.2. The average molecular weight is 813 g/mol. The summed E-state index contributed by atoms with van der Waals surface area (Å²) >= 11 is 0. The molecule has 0 aliphatic carbocycles. The van der Waals surface area contributed by atoms with Crippen molar-refractivity contribution in [1.82, 2.24) is 0 Å². The second-order valence-electron chi connectivity index (χ2n) is 16.4. The first kappa shape index (κ1) is 48.4. The molecule has 3 aromatic carbocycles. The summed E-state index contributed by atoms with van der Waals surface area (Å²) in [7, 11) is -3.36. The van der Waals surface area contributed by atoms with Gasteiger partial charge in [-0.2, -0.15) is 29.7 Å². The van der Waals surface area contributed by atoms with Gasteiger partial charge in [0.1, 0.15) is 17.2 Å². The fraction of sp³-hybridized carbons (Fsp3) is 0.625. The Morgan fingerprint density at radius 1 is 0.431 bits per heavy atom. The van der Waals surface area contributed by atoms with Gasteiger partial charge in [-0.3, -0.25) is 0 Å². The van der Waals surface area contributed by atoms with Crippen LogP contribution in [0.4, 0.5) is 0 Å². The fourth-order valence-corrected chi connectivity index (χ4v) is 9.78. The number of unbranched alkanes of at least 4 members (excludes halogenated alkanes) is 3. The Bertz CT molecular complexity index is 1520. The van der Waals surface area contributed by atoms with Crippen molar-refractivity contribution in [3.8, 4) is 17.2 Å². The van der Waals surface area contributed by atoms with Gasteiger partial charge >= 0.3 is 8.56 Å². The molecule has 0 saturated heterocycles. The zero-order valence-corrected chi connectivity index (χ0v) is 38.1. The normalized spacial score (nSPS) is 14.7. The van der Waals surface area contributed by atoms with Gasteiger partial charge in [0.25, 0.3) is 0 Å². The van der Waals surface area contributed by atoms with Crippen molar-refractivity contribution in [1.29, 1.82) is 0 Å². The van der Waals surface area contributed by atoms with Crippen LogP contribution in [0.5, 0.6) is 17.2 Å². The molecule has 10 heteroatoms. The lowest BCUT2D eigenvalue weighted by molar-refractivity contribution is 0.423. The molecule has 0 fully saturated rings. The van der Waals surface area contributed by atoms with Crippen LogP contribution >= 0.6 is 0 Å². The Morgan fingerprint density at radius 2 is 0.724 bits per heavy atom. The molecule has 0 saturated carbocycles. The first-order valence-electron chi connectivity index (χ1n) is 22.7. The Hall–Kier alpha value is -3.92. The Balaban J connectivity index is 1.94. The Kier molecular flexibility index (Phi) is 22.5. The quantitative estimate of drug-likeness (QED) is 0.0476. The molecule has 320 valence electrons. The number of para-hydroxylation sites is 3. The van der Waals surface area contributed by atoms with Crippen molar-refractivity contribution in [2.75, 3.05) is 0 Å². The van der Waals surface area contributed by atoms with Crippen LogP contribution in [-0.4, -0.2) is 23.9 Å². The van der Waals surface area contributed by atoms with E-state index in [0.717, 1.165) is 97.6 Å². The Labute approximate surface area is 352 Å². The molecule has 0 aliphatic heterocycles. The summed E-state index contributed by atoms with van der Waals surface area (Å²) in [5.74, 6) is 2.43. The maximum atomic E-state index is 11.3.